The number of carbonyl (C=O) groups excluding carboxylic acids is 1. The van der Waals surface area contributed by atoms with E-state index in [1.807, 2.05) is 0 Å². The van der Waals surface area contributed by atoms with E-state index in [0.29, 0.717) is 0 Å². The topological polar surface area (TPSA) is 155 Å². The predicted octanol–water partition coefficient (Wildman–Crippen LogP) is -1.94. The van der Waals surface area contributed by atoms with Crippen molar-refractivity contribution < 1.29 is 30.7 Å². The summed E-state index contributed by atoms with van der Waals surface area (Å²) in [5.41, 5.74) is 4.59. The highest BCUT2D eigenvalue weighted by Crippen LogP contribution is 1.96. The summed E-state index contributed by atoms with van der Waals surface area (Å²) < 4.78 is 57.6. The third-order valence-electron chi connectivity index (χ3n) is 0.950. The van der Waals surface area contributed by atoms with Gasteiger partial charge in [-0.25, -0.2) is 4.79 Å². The lowest BCUT2D eigenvalue weighted by atomic mass is 10.9. The maximum absolute atomic E-state index is 10.5. The largest absolute Gasteiger partial charge is 0.351 e. The van der Waals surface area contributed by atoms with Crippen LogP contribution < -0.4 is 5.73 Å². The van der Waals surface area contributed by atoms with Crippen LogP contribution in [-0.2, 0) is 20.2 Å². The summed E-state index contributed by atoms with van der Waals surface area (Å²) in [6.45, 7) is 0. The predicted molar refractivity (Wildman–Crippen MR) is 44.3 cm³/mol. The molecule has 0 radical (unpaired) electrons. The van der Waals surface area contributed by atoms with E-state index in [2.05, 4.69) is 5.73 Å². The molecule has 0 aliphatic carbocycles. The lowest BCUT2D eigenvalue weighted by molar-refractivity contribution is 0.219. The summed E-state index contributed by atoms with van der Waals surface area (Å²) in [5.74, 6) is -2.61. The lowest BCUT2D eigenvalue weighted by Gasteiger charge is -2.15. The first-order chi connectivity index (χ1) is 6.01. The van der Waals surface area contributed by atoms with E-state index >= 15 is 0 Å². The Balaban J connectivity index is 4.73. The van der Waals surface area contributed by atoms with Crippen LogP contribution in [0.2, 0.25) is 0 Å². The first-order valence-electron chi connectivity index (χ1n) is 2.96. The van der Waals surface area contributed by atoms with Crippen molar-refractivity contribution in [3.05, 3.63) is 0 Å². The van der Waals surface area contributed by atoms with E-state index in [-0.39, 0.29) is 4.90 Å². The van der Waals surface area contributed by atoms with Gasteiger partial charge in [0.25, 0.3) is 20.2 Å². The molecule has 0 aliphatic heterocycles. The number of hydrogen-bond acceptors (Lipinski definition) is 5. The highest BCUT2D eigenvalue weighted by molar-refractivity contribution is 7.86. The van der Waals surface area contributed by atoms with Crippen LogP contribution >= 0.6 is 0 Å². The molecule has 0 bridgehead atoms. The third-order valence-corrected chi connectivity index (χ3v) is 2.23. The minimum absolute atomic E-state index is 0.0463. The van der Waals surface area contributed by atoms with Crippen molar-refractivity contribution in [1.29, 1.82) is 0 Å². The van der Waals surface area contributed by atoms with Crippen LogP contribution in [0.5, 0.6) is 0 Å². The van der Waals surface area contributed by atoms with Crippen molar-refractivity contribution in [3.8, 4) is 0 Å². The van der Waals surface area contributed by atoms with Gasteiger partial charge in [0.1, 0.15) is 0 Å². The van der Waals surface area contributed by atoms with Gasteiger partial charge in [-0.2, -0.15) is 16.8 Å². The number of hydrogen-bond donors (Lipinski definition) is 3. The fourth-order valence-corrected chi connectivity index (χ4v) is 1.90. The summed E-state index contributed by atoms with van der Waals surface area (Å²) in [5, 5.41) is 0. The van der Waals surface area contributed by atoms with Gasteiger partial charge in [-0.1, -0.05) is 0 Å². The lowest BCUT2D eigenvalue weighted by Crippen LogP contribution is -2.42. The van der Waals surface area contributed by atoms with Crippen LogP contribution in [0.25, 0.3) is 0 Å². The van der Waals surface area contributed by atoms with E-state index in [1.165, 1.54) is 0 Å². The molecule has 0 aromatic heterocycles. The molecule has 0 fully saturated rings. The molecule has 0 saturated carbocycles. The van der Waals surface area contributed by atoms with Crippen LogP contribution in [-0.4, -0.2) is 48.6 Å². The van der Waals surface area contributed by atoms with Gasteiger partial charge >= 0.3 is 6.03 Å². The minimum Gasteiger partial charge on any atom is -0.351 e. The number of amides is 2. The van der Waals surface area contributed by atoms with Gasteiger partial charge in [-0.3, -0.25) is 14.0 Å². The molecule has 4 N–H and O–H groups in total. The average molecular weight is 248 g/mol. The van der Waals surface area contributed by atoms with Crippen LogP contribution in [0.4, 0.5) is 4.79 Å². The van der Waals surface area contributed by atoms with Crippen LogP contribution in [0.3, 0.4) is 0 Å². The monoisotopic (exact) mass is 248 g/mol. The maximum atomic E-state index is 10.5. The summed E-state index contributed by atoms with van der Waals surface area (Å²) in [4.78, 5) is 10.5. The van der Waals surface area contributed by atoms with Gasteiger partial charge in [0.05, 0.1) is 0 Å². The van der Waals surface area contributed by atoms with Crippen molar-refractivity contribution in [3.63, 3.8) is 0 Å². The molecule has 0 heterocycles. The van der Waals surface area contributed by atoms with Crippen molar-refractivity contribution in [1.82, 2.24) is 4.90 Å². The Bertz CT molecular complexity index is 374. The van der Waals surface area contributed by atoms with Crippen LogP contribution in [0, 0.1) is 0 Å². The summed E-state index contributed by atoms with van der Waals surface area (Å²) in [6, 6.07) is -1.40. The standard InChI is InChI=1S/C3H8N2O7S2/c4-3(6)5(1-13(7,8)9)2-14(10,11)12/h1-2H2,(H2,4,6)(H,7,8,9)(H,10,11,12). The molecular weight excluding hydrogens is 240 g/mol. The Morgan fingerprint density at radius 3 is 1.50 bits per heavy atom. The Kier molecular flexibility index (Phi) is 3.81. The molecule has 84 valence electrons. The molecule has 11 heteroatoms. The molecule has 0 aliphatic rings. The number of carbonyl (C=O) groups is 1. The molecule has 0 aromatic carbocycles. The van der Waals surface area contributed by atoms with Crippen LogP contribution in [0.1, 0.15) is 0 Å². The maximum Gasteiger partial charge on any atom is 0.316 e. The number of nitrogens with zero attached hydrogens (tertiary/aromatic N) is 1. The smallest absolute Gasteiger partial charge is 0.316 e. The van der Waals surface area contributed by atoms with E-state index in [4.69, 9.17) is 9.11 Å². The number of urea groups is 1. The van der Waals surface area contributed by atoms with Gasteiger partial charge in [-0.05, 0) is 0 Å². The molecule has 2 amide bonds. The summed E-state index contributed by atoms with van der Waals surface area (Å²) >= 11 is 0. The zero-order valence-corrected chi connectivity index (χ0v) is 8.32. The normalized spacial score (nSPS) is 12.4. The SMILES string of the molecule is NC(=O)N(CS(=O)(=O)O)CS(=O)(=O)O. The number of rotatable bonds is 4. The molecule has 0 spiro atoms. The first kappa shape index (κ1) is 13.1. The Morgan fingerprint density at radius 2 is 1.36 bits per heavy atom. The minimum atomic E-state index is -4.59. The van der Waals surface area contributed by atoms with Crippen LogP contribution in [0.15, 0.2) is 0 Å². The quantitative estimate of drug-likeness (QED) is 0.488. The number of primary amides is 1. The van der Waals surface area contributed by atoms with E-state index in [1.54, 1.807) is 0 Å². The summed E-state index contributed by atoms with van der Waals surface area (Å²) in [7, 11) is -9.18. The van der Waals surface area contributed by atoms with Crippen molar-refractivity contribution >= 4 is 26.3 Å². The van der Waals surface area contributed by atoms with Gasteiger partial charge < -0.3 is 5.73 Å². The molecule has 0 aromatic rings. The molecule has 9 nitrogen and oxygen atoms in total. The summed E-state index contributed by atoms with van der Waals surface area (Å²) in [6.07, 6.45) is 0. The van der Waals surface area contributed by atoms with E-state index < -0.39 is 38.0 Å². The molecular formula is C3H8N2O7S2. The average Bonchev–Trinajstić information content (AvgIpc) is 1.78. The van der Waals surface area contributed by atoms with Gasteiger partial charge in [-0.15, -0.1) is 0 Å². The zero-order chi connectivity index (χ0) is 11.6. The Hall–Kier alpha value is -0.910. The van der Waals surface area contributed by atoms with E-state index in [0.717, 1.165) is 0 Å². The van der Waals surface area contributed by atoms with Gasteiger partial charge in [0.15, 0.2) is 11.8 Å². The fraction of sp³-hybridized carbons (Fsp3) is 0.667. The fourth-order valence-electron chi connectivity index (χ4n) is 0.558. The molecule has 0 rings (SSSR count). The molecule has 0 saturated heterocycles. The second kappa shape index (κ2) is 4.08. The highest BCUT2D eigenvalue weighted by atomic mass is 32.2. The molecule has 0 atom stereocenters. The second-order valence-corrected chi connectivity index (χ2v) is 5.14. The molecule has 14 heavy (non-hydrogen) atoms. The second-order valence-electron chi connectivity index (χ2n) is 2.30. The van der Waals surface area contributed by atoms with Crippen molar-refractivity contribution in [2.24, 2.45) is 5.73 Å². The van der Waals surface area contributed by atoms with E-state index in [9.17, 15) is 21.6 Å². The Labute approximate surface area is 80.0 Å². The highest BCUT2D eigenvalue weighted by Gasteiger charge is 2.22. The van der Waals surface area contributed by atoms with Crippen molar-refractivity contribution in [2.45, 2.75) is 0 Å². The number of nitrogens with two attached hydrogens (primary N) is 1. The van der Waals surface area contributed by atoms with Gasteiger partial charge in [0.2, 0.25) is 0 Å². The Morgan fingerprint density at radius 1 is 1.07 bits per heavy atom. The molecule has 0 unspecified atom stereocenters. The van der Waals surface area contributed by atoms with Gasteiger partial charge in [0, 0.05) is 0 Å². The first-order valence-corrected chi connectivity index (χ1v) is 6.18. The third kappa shape index (κ3) is 6.59. The van der Waals surface area contributed by atoms with Crippen molar-refractivity contribution in [2.75, 3.05) is 11.8 Å². The zero-order valence-electron chi connectivity index (χ0n) is 6.69.